The summed E-state index contributed by atoms with van der Waals surface area (Å²) >= 11 is 0. The zero-order chi connectivity index (χ0) is 25.5. The van der Waals surface area contributed by atoms with Crippen LogP contribution in [-0.2, 0) is 0 Å². The van der Waals surface area contributed by atoms with Crippen LogP contribution < -0.4 is 0 Å². The average molecular weight is 498 g/mol. The van der Waals surface area contributed by atoms with Crippen molar-refractivity contribution in [2.45, 2.75) is 0 Å². The Morgan fingerprint density at radius 1 is 0.333 bits per heavy atom. The van der Waals surface area contributed by atoms with Crippen molar-refractivity contribution < 1.29 is 0 Å². The Hall–Kier alpha value is -5.28. The fourth-order valence-electron chi connectivity index (χ4n) is 6.49. The summed E-state index contributed by atoms with van der Waals surface area (Å²) in [5.41, 5.74) is 9.59. The second kappa shape index (κ2) is 7.62. The van der Waals surface area contributed by atoms with Crippen LogP contribution in [0.1, 0.15) is 0 Å². The molecule has 0 saturated heterocycles. The van der Waals surface area contributed by atoms with E-state index in [0.29, 0.717) is 0 Å². The van der Waals surface area contributed by atoms with Gasteiger partial charge in [-0.1, -0.05) is 84.9 Å². The van der Waals surface area contributed by atoms with Crippen LogP contribution in [-0.4, -0.2) is 14.3 Å². The van der Waals surface area contributed by atoms with Crippen LogP contribution in [0, 0.1) is 0 Å². The van der Waals surface area contributed by atoms with Gasteiger partial charge in [0.2, 0.25) is 0 Å². The number of hydrogen-bond acceptors (Lipinski definition) is 0. The lowest BCUT2D eigenvalue weighted by atomic mass is 10.0. The number of hydrogen-bond donors (Lipinski definition) is 1. The topological polar surface area (TPSA) is 25.6 Å². The van der Waals surface area contributed by atoms with E-state index < -0.39 is 0 Å². The summed E-state index contributed by atoms with van der Waals surface area (Å²) in [7, 11) is 0. The third kappa shape index (κ3) is 2.82. The second-order valence-corrected chi connectivity index (χ2v) is 10.3. The Balaban J connectivity index is 1.34. The van der Waals surface area contributed by atoms with Crippen molar-refractivity contribution in [2.24, 2.45) is 0 Å². The fourth-order valence-corrected chi connectivity index (χ4v) is 6.49. The first-order valence-corrected chi connectivity index (χ1v) is 13.4. The molecule has 39 heavy (non-hydrogen) atoms. The summed E-state index contributed by atoms with van der Waals surface area (Å²) in [6.07, 6.45) is 0. The molecule has 0 spiro atoms. The maximum absolute atomic E-state index is 3.55. The van der Waals surface area contributed by atoms with E-state index in [2.05, 4.69) is 148 Å². The molecule has 0 aliphatic heterocycles. The molecule has 0 aliphatic carbocycles. The normalized spacial score (nSPS) is 12.1. The van der Waals surface area contributed by atoms with E-state index >= 15 is 0 Å². The monoisotopic (exact) mass is 497 g/mol. The zero-order valence-corrected chi connectivity index (χ0v) is 21.1. The van der Waals surface area contributed by atoms with Gasteiger partial charge in [-0.25, -0.2) is 9.35 Å². The molecule has 0 radical (unpaired) electrons. The van der Waals surface area contributed by atoms with Crippen molar-refractivity contribution >= 4 is 65.4 Å². The Labute approximate surface area is 224 Å². The average Bonchev–Trinajstić information content (AvgIpc) is 3.64. The first kappa shape index (κ1) is 20.7. The van der Waals surface area contributed by atoms with Gasteiger partial charge in [-0.2, -0.15) is 0 Å². The molecule has 6 aromatic carbocycles. The zero-order valence-electron chi connectivity index (χ0n) is 21.1. The molecule has 3 aromatic heterocycles. The van der Waals surface area contributed by atoms with Crippen molar-refractivity contribution in [1.82, 2.24) is 14.3 Å². The molecule has 182 valence electrons. The molecule has 3 heterocycles. The number of fused-ring (bicyclic) bond motifs is 9. The minimum atomic E-state index is 1.17. The highest BCUT2D eigenvalue weighted by Gasteiger charge is 2.18. The smallest absolute Gasteiger partial charge is 0.0716 e. The molecule has 1 N–H and O–H groups in total. The number of nitrogens with zero attached hydrogens (tertiary/aromatic N) is 2. The van der Waals surface area contributed by atoms with E-state index in [1.54, 1.807) is 0 Å². The number of rotatable bonds is 2. The number of H-pyrrole nitrogens is 1. The van der Waals surface area contributed by atoms with Crippen molar-refractivity contribution in [3.8, 4) is 11.1 Å². The predicted octanol–water partition coefficient (Wildman–Crippen LogP) is 9.52. The Morgan fingerprint density at radius 3 is 1.41 bits per heavy atom. The second-order valence-electron chi connectivity index (χ2n) is 10.3. The maximum Gasteiger partial charge on any atom is 0.0716 e. The van der Waals surface area contributed by atoms with Gasteiger partial charge in [0.05, 0.1) is 22.1 Å². The quantitative estimate of drug-likeness (QED) is 0.246. The molecule has 0 amide bonds. The van der Waals surface area contributed by atoms with Crippen LogP contribution in [0.15, 0.2) is 133 Å². The molecule has 9 aromatic rings. The van der Waals surface area contributed by atoms with E-state index in [0.717, 1.165) is 0 Å². The molecular formula is C36H23N3. The number of para-hydroxylation sites is 4. The predicted molar refractivity (Wildman–Crippen MR) is 164 cm³/mol. The lowest BCUT2D eigenvalue weighted by Gasteiger charge is -2.13. The van der Waals surface area contributed by atoms with E-state index in [1.165, 1.54) is 76.5 Å². The lowest BCUT2D eigenvalue weighted by Crippen LogP contribution is -2.08. The van der Waals surface area contributed by atoms with E-state index in [4.69, 9.17) is 0 Å². The molecule has 0 saturated carbocycles. The van der Waals surface area contributed by atoms with Crippen LogP contribution in [0.2, 0.25) is 0 Å². The Morgan fingerprint density at radius 2 is 0.769 bits per heavy atom. The largest absolute Gasteiger partial charge is 0.355 e. The fraction of sp³-hybridized carbons (Fsp3) is 0. The summed E-state index contributed by atoms with van der Waals surface area (Å²) in [5, 5.41) is 7.56. The minimum Gasteiger partial charge on any atom is -0.355 e. The maximum atomic E-state index is 3.55. The molecule has 3 nitrogen and oxygen atoms in total. The molecule has 0 fully saturated rings. The van der Waals surface area contributed by atoms with Crippen LogP contribution >= 0.6 is 0 Å². The van der Waals surface area contributed by atoms with Crippen molar-refractivity contribution in [1.29, 1.82) is 0 Å². The van der Waals surface area contributed by atoms with E-state index in [-0.39, 0.29) is 0 Å². The molecule has 0 aliphatic rings. The Bertz CT molecular complexity index is 2340. The third-order valence-electron chi connectivity index (χ3n) is 8.24. The molecule has 9 rings (SSSR count). The molecular weight excluding hydrogens is 474 g/mol. The third-order valence-corrected chi connectivity index (χ3v) is 8.24. The number of benzene rings is 6. The first-order valence-electron chi connectivity index (χ1n) is 13.4. The summed E-state index contributed by atoms with van der Waals surface area (Å²) in [4.78, 5) is 3.55. The van der Waals surface area contributed by atoms with Gasteiger partial charge in [-0.15, -0.1) is 0 Å². The highest BCUT2D eigenvalue weighted by atomic mass is 15.5. The van der Waals surface area contributed by atoms with Gasteiger partial charge < -0.3 is 4.98 Å². The van der Waals surface area contributed by atoms with E-state index in [1.807, 2.05) is 0 Å². The van der Waals surface area contributed by atoms with Crippen LogP contribution in [0.25, 0.3) is 76.5 Å². The van der Waals surface area contributed by atoms with E-state index in [9.17, 15) is 0 Å². The minimum absolute atomic E-state index is 1.17. The Kier molecular flexibility index (Phi) is 4.05. The van der Waals surface area contributed by atoms with Gasteiger partial charge in [-0.3, -0.25) is 0 Å². The highest BCUT2D eigenvalue weighted by Crippen LogP contribution is 2.37. The molecule has 0 atom stereocenters. The standard InChI is InChI=1S/C36H23N3/c1-5-13-31-25(9-1)29-21-23(17-19-32(29)37-31)24-18-20-36-30(22-24)28-12-4-8-16-35(28)39(36)38-33-14-6-2-10-26(33)27-11-3-7-15-34(27)38/h1-22,37H. The summed E-state index contributed by atoms with van der Waals surface area (Å²) in [6.45, 7) is 0. The molecule has 0 bridgehead atoms. The van der Waals surface area contributed by atoms with Crippen LogP contribution in [0.4, 0.5) is 0 Å². The highest BCUT2D eigenvalue weighted by molar-refractivity contribution is 6.13. The summed E-state index contributed by atoms with van der Waals surface area (Å²) in [6, 6.07) is 48.4. The van der Waals surface area contributed by atoms with Gasteiger partial charge in [-0.05, 0) is 59.7 Å². The van der Waals surface area contributed by atoms with Gasteiger partial charge in [0.1, 0.15) is 0 Å². The van der Waals surface area contributed by atoms with Gasteiger partial charge in [0.15, 0.2) is 0 Å². The van der Waals surface area contributed by atoms with Crippen LogP contribution in [0.3, 0.4) is 0 Å². The van der Waals surface area contributed by atoms with Gasteiger partial charge in [0.25, 0.3) is 0 Å². The van der Waals surface area contributed by atoms with Gasteiger partial charge in [0, 0.05) is 43.4 Å². The number of aromatic amines is 1. The molecule has 3 heteroatoms. The molecule has 0 unspecified atom stereocenters. The first-order chi connectivity index (χ1) is 19.3. The number of nitrogens with one attached hydrogen (secondary N) is 1. The van der Waals surface area contributed by atoms with Gasteiger partial charge >= 0.3 is 0 Å². The van der Waals surface area contributed by atoms with Crippen LogP contribution in [0.5, 0.6) is 0 Å². The van der Waals surface area contributed by atoms with Crippen molar-refractivity contribution in [2.75, 3.05) is 0 Å². The SMILES string of the molecule is c1ccc2c(c1)[nH]c1ccc(-c3ccc4c(c3)c3ccccc3n4-n3c4ccccc4c4ccccc43)cc12. The summed E-state index contributed by atoms with van der Waals surface area (Å²) in [5.74, 6) is 0. The number of aromatic nitrogens is 3. The van der Waals surface area contributed by atoms with Crippen molar-refractivity contribution in [3.63, 3.8) is 0 Å². The lowest BCUT2D eigenvalue weighted by molar-refractivity contribution is 0.775. The summed E-state index contributed by atoms with van der Waals surface area (Å²) < 4.78 is 4.77. The van der Waals surface area contributed by atoms with Crippen molar-refractivity contribution in [3.05, 3.63) is 133 Å².